The number of carbonyl (C=O) groups excluding carboxylic acids is 2. The number of amides is 1. The number of benzene rings is 3. The average Bonchev–Trinajstić information content (AvgIpc) is 2.87. The molecule has 0 saturated heterocycles. The Morgan fingerprint density at radius 2 is 1.47 bits per heavy atom. The minimum Gasteiger partial charge on any atom is -0.467 e. The summed E-state index contributed by atoms with van der Waals surface area (Å²) in [5.41, 5.74) is 2.16. The SMILES string of the molecule is COC(=O)[C@@](C)(c1ccccc1)N(C)C(=O)c1cc(-c2ccccc2)nc2ccccc12. The predicted octanol–water partition coefficient (Wildman–Crippen LogP) is 5.06. The predicted molar refractivity (Wildman–Crippen MR) is 125 cm³/mol. The van der Waals surface area contributed by atoms with E-state index in [1.54, 1.807) is 20.0 Å². The lowest BCUT2D eigenvalue weighted by Crippen LogP contribution is -2.51. The van der Waals surface area contributed by atoms with E-state index in [9.17, 15) is 9.59 Å². The Bertz CT molecular complexity index is 1270. The summed E-state index contributed by atoms with van der Waals surface area (Å²) < 4.78 is 5.11. The fourth-order valence-electron chi connectivity index (χ4n) is 3.90. The zero-order chi connectivity index (χ0) is 22.7. The van der Waals surface area contributed by atoms with E-state index in [1.165, 1.54) is 12.0 Å². The van der Waals surface area contributed by atoms with Gasteiger partial charge in [0.15, 0.2) is 5.54 Å². The first-order valence-electron chi connectivity index (χ1n) is 10.3. The first-order valence-corrected chi connectivity index (χ1v) is 10.3. The lowest BCUT2D eigenvalue weighted by molar-refractivity contribution is -0.152. The minimum absolute atomic E-state index is 0.294. The van der Waals surface area contributed by atoms with Crippen LogP contribution in [0, 0.1) is 0 Å². The second-order valence-electron chi connectivity index (χ2n) is 7.73. The molecule has 0 radical (unpaired) electrons. The summed E-state index contributed by atoms with van der Waals surface area (Å²) in [6, 6.07) is 28.2. The Morgan fingerprint density at radius 3 is 2.12 bits per heavy atom. The maximum Gasteiger partial charge on any atom is 0.336 e. The number of hydrogen-bond acceptors (Lipinski definition) is 4. The van der Waals surface area contributed by atoms with Crippen molar-refractivity contribution in [3.8, 4) is 11.3 Å². The largest absolute Gasteiger partial charge is 0.467 e. The van der Waals surface area contributed by atoms with Gasteiger partial charge < -0.3 is 9.64 Å². The van der Waals surface area contributed by atoms with Gasteiger partial charge in [0.2, 0.25) is 0 Å². The average molecular weight is 425 g/mol. The van der Waals surface area contributed by atoms with Crippen molar-refractivity contribution in [2.45, 2.75) is 12.5 Å². The smallest absolute Gasteiger partial charge is 0.336 e. The lowest BCUT2D eigenvalue weighted by atomic mass is 9.89. The second kappa shape index (κ2) is 8.63. The third kappa shape index (κ3) is 3.62. The van der Waals surface area contributed by atoms with Crippen LogP contribution in [-0.4, -0.2) is 35.9 Å². The molecule has 0 aliphatic heterocycles. The minimum atomic E-state index is -1.30. The standard InChI is InChI=1S/C27H24N2O3/c1-27(26(31)32-3,20-14-8-5-9-15-20)29(2)25(30)22-18-24(19-12-6-4-7-13-19)28-23-17-11-10-16-21(22)23/h4-18H,1-3H3/t27-/m1/s1. The van der Waals surface area contributed by atoms with Crippen molar-refractivity contribution < 1.29 is 14.3 Å². The fourth-order valence-corrected chi connectivity index (χ4v) is 3.90. The monoisotopic (exact) mass is 424 g/mol. The molecule has 0 unspecified atom stereocenters. The molecule has 1 aromatic heterocycles. The molecule has 4 aromatic rings. The molecule has 0 saturated carbocycles. The molecule has 1 atom stereocenters. The molecule has 0 spiro atoms. The normalized spacial score (nSPS) is 12.7. The van der Waals surface area contributed by atoms with E-state index in [0.717, 1.165) is 10.9 Å². The third-order valence-electron chi connectivity index (χ3n) is 5.91. The van der Waals surface area contributed by atoms with E-state index >= 15 is 0 Å². The van der Waals surface area contributed by atoms with E-state index in [1.807, 2.05) is 84.9 Å². The number of methoxy groups -OCH3 is 1. The summed E-state index contributed by atoms with van der Waals surface area (Å²) in [6.45, 7) is 1.70. The van der Waals surface area contributed by atoms with Crippen molar-refractivity contribution in [1.29, 1.82) is 0 Å². The highest BCUT2D eigenvalue weighted by molar-refractivity contribution is 6.08. The van der Waals surface area contributed by atoms with Crippen LogP contribution >= 0.6 is 0 Å². The number of ether oxygens (including phenoxy) is 1. The van der Waals surface area contributed by atoms with Gasteiger partial charge in [-0.25, -0.2) is 9.78 Å². The number of carbonyl (C=O) groups is 2. The summed E-state index contributed by atoms with van der Waals surface area (Å²) in [5.74, 6) is -0.807. The molecular formula is C27H24N2O3. The Morgan fingerprint density at radius 1 is 0.875 bits per heavy atom. The van der Waals surface area contributed by atoms with Gasteiger partial charge in [-0.2, -0.15) is 0 Å². The second-order valence-corrected chi connectivity index (χ2v) is 7.73. The molecule has 32 heavy (non-hydrogen) atoms. The molecule has 5 nitrogen and oxygen atoms in total. The summed E-state index contributed by atoms with van der Waals surface area (Å²) in [6.07, 6.45) is 0. The molecule has 0 aliphatic rings. The van der Waals surface area contributed by atoms with Gasteiger partial charge in [0.25, 0.3) is 5.91 Å². The Labute approximate surface area is 187 Å². The highest BCUT2D eigenvalue weighted by atomic mass is 16.5. The molecule has 0 aliphatic carbocycles. The number of pyridine rings is 1. The molecule has 3 aromatic carbocycles. The van der Waals surface area contributed by atoms with Gasteiger partial charge in [-0.1, -0.05) is 78.9 Å². The summed E-state index contributed by atoms with van der Waals surface area (Å²) in [7, 11) is 2.96. The molecule has 0 bridgehead atoms. The van der Waals surface area contributed by atoms with Gasteiger partial charge in [0, 0.05) is 18.0 Å². The Hall–Kier alpha value is -3.99. The quantitative estimate of drug-likeness (QED) is 0.420. The molecular weight excluding hydrogens is 400 g/mol. The van der Waals surface area contributed by atoms with Gasteiger partial charge in [-0.05, 0) is 24.6 Å². The number of para-hydroxylation sites is 1. The molecule has 0 N–H and O–H groups in total. The van der Waals surface area contributed by atoms with Crippen LogP contribution in [0.3, 0.4) is 0 Å². The van der Waals surface area contributed by atoms with Crippen molar-refractivity contribution >= 4 is 22.8 Å². The molecule has 4 rings (SSSR count). The van der Waals surface area contributed by atoms with Gasteiger partial charge in [0.05, 0.1) is 23.9 Å². The lowest BCUT2D eigenvalue weighted by Gasteiger charge is -2.37. The number of hydrogen-bond donors (Lipinski definition) is 0. The van der Waals surface area contributed by atoms with Gasteiger partial charge in [-0.3, -0.25) is 4.79 Å². The molecule has 5 heteroatoms. The molecule has 0 fully saturated rings. The number of aromatic nitrogens is 1. The van der Waals surface area contributed by atoms with Crippen LogP contribution in [0.15, 0.2) is 91.0 Å². The van der Waals surface area contributed by atoms with E-state index in [0.29, 0.717) is 22.3 Å². The van der Waals surface area contributed by atoms with Crippen LogP contribution in [0.2, 0.25) is 0 Å². The van der Waals surface area contributed by atoms with Crippen LogP contribution in [0.1, 0.15) is 22.8 Å². The van der Waals surface area contributed by atoms with Crippen molar-refractivity contribution in [3.63, 3.8) is 0 Å². The van der Waals surface area contributed by atoms with Crippen molar-refractivity contribution in [3.05, 3.63) is 102 Å². The van der Waals surface area contributed by atoms with Gasteiger partial charge in [0.1, 0.15) is 0 Å². The number of nitrogens with zero attached hydrogens (tertiary/aromatic N) is 2. The zero-order valence-electron chi connectivity index (χ0n) is 18.3. The number of fused-ring (bicyclic) bond motifs is 1. The highest BCUT2D eigenvalue weighted by Gasteiger charge is 2.43. The highest BCUT2D eigenvalue weighted by Crippen LogP contribution is 2.32. The first-order chi connectivity index (χ1) is 15.5. The van der Waals surface area contributed by atoms with E-state index in [4.69, 9.17) is 9.72 Å². The fraction of sp³-hybridized carbons (Fsp3) is 0.148. The summed E-state index contributed by atoms with van der Waals surface area (Å²) >= 11 is 0. The van der Waals surface area contributed by atoms with E-state index < -0.39 is 11.5 Å². The van der Waals surface area contributed by atoms with E-state index in [-0.39, 0.29) is 5.91 Å². The van der Waals surface area contributed by atoms with Crippen LogP contribution in [0.25, 0.3) is 22.2 Å². The topological polar surface area (TPSA) is 59.5 Å². The van der Waals surface area contributed by atoms with Gasteiger partial charge >= 0.3 is 5.97 Å². The van der Waals surface area contributed by atoms with E-state index in [2.05, 4.69) is 0 Å². The van der Waals surface area contributed by atoms with Crippen LogP contribution in [-0.2, 0) is 15.1 Å². The maximum atomic E-state index is 13.9. The molecule has 1 amide bonds. The summed E-state index contributed by atoms with van der Waals surface area (Å²) in [4.78, 5) is 33.0. The Kier molecular flexibility index (Phi) is 5.73. The number of likely N-dealkylation sites (N-methyl/N-ethyl adjacent to an activating group) is 1. The number of esters is 1. The van der Waals surface area contributed by atoms with Gasteiger partial charge in [-0.15, -0.1) is 0 Å². The summed E-state index contributed by atoms with van der Waals surface area (Å²) in [5, 5.41) is 0.726. The Balaban J connectivity index is 1.88. The van der Waals surface area contributed by atoms with Crippen LogP contribution in [0.4, 0.5) is 0 Å². The number of rotatable bonds is 5. The molecule has 1 heterocycles. The van der Waals surface area contributed by atoms with Crippen LogP contribution < -0.4 is 0 Å². The third-order valence-corrected chi connectivity index (χ3v) is 5.91. The van der Waals surface area contributed by atoms with Crippen molar-refractivity contribution in [2.75, 3.05) is 14.2 Å². The zero-order valence-corrected chi connectivity index (χ0v) is 18.3. The maximum absolute atomic E-state index is 13.9. The van der Waals surface area contributed by atoms with Crippen molar-refractivity contribution in [2.24, 2.45) is 0 Å². The van der Waals surface area contributed by atoms with Crippen molar-refractivity contribution in [1.82, 2.24) is 9.88 Å². The molecule has 160 valence electrons. The van der Waals surface area contributed by atoms with Crippen LogP contribution in [0.5, 0.6) is 0 Å². The first kappa shape index (κ1) is 21.2.